The molecular weight excluding hydrogens is 338 g/mol. The van der Waals surface area contributed by atoms with E-state index in [1.807, 2.05) is 0 Å². The Morgan fingerprint density at radius 2 is 1.95 bits per heavy atom. The lowest BCUT2D eigenvalue weighted by molar-refractivity contribution is 0.0992. The Bertz CT molecular complexity index is 643. The molecule has 19 heavy (non-hydrogen) atoms. The number of Topliss-reactive ketones (excluding diaryl/α,β-unsaturated/α-hetero) is 1. The molecular formula is C14H8BrClF2O. The topological polar surface area (TPSA) is 17.1 Å². The van der Waals surface area contributed by atoms with Gasteiger partial charge in [0, 0.05) is 22.5 Å². The fraction of sp³-hybridized carbons (Fsp3) is 0.0714. The zero-order chi connectivity index (χ0) is 14.0. The molecule has 0 aliphatic heterocycles. The average molecular weight is 346 g/mol. The molecule has 0 amide bonds. The number of halogens is 4. The van der Waals surface area contributed by atoms with Crippen molar-refractivity contribution < 1.29 is 13.6 Å². The summed E-state index contributed by atoms with van der Waals surface area (Å²) in [4.78, 5) is 12.1. The van der Waals surface area contributed by atoms with Gasteiger partial charge in [0.05, 0.1) is 5.02 Å². The molecule has 0 atom stereocenters. The van der Waals surface area contributed by atoms with Gasteiger partial charge in [0.2, 0.25) is 0 Å². The maximum atomic E-state index is 13.5. The minimum atomic E-state index is -0.737. The molecule has 0 N–H and O–H groups in total. The van der Waals surface area contributed by atoms with Gasteiger partial charge in [-0.15, -0.1) is 0 Å². The zero-order valence-electron chi connectivity index (χ0n) is 9.59. The van der Waals surface area contributed by atoms with Crippen LogP contribution in [0, 0.1) is 11.6 Å². The Kier molecular flexibility index (Phi) is 4.32. The van der Waals surface area contributed by atoms with Gasteiger partial charge in [-0.2, -0.15) is 0 Å². The van der Waals surface area contributed by atoms with Crippen LogP contribution in [0.15, 0.2) is 40.9 Å². The summed E-state index contributed by atoms with van der Waals surface area (Å²) in [5, 5.41) is 0.287. The van der Waals surface area contributed by atoms with Crippen LogP contribution in [0.5, 0.6) is 0 Å². The Hall–Kier alpha value is -1.26. The van der Waals surface area contributed by atoms with Gasteiger partial charge < -0.3 is 0 Å². The van der Waals surface area contributed by atoms with Crippen molar-refractivity contribution in [2.75, 3.05) is 0 Å². The van der Waals surface area contributed by atoms with Gasteiger partial charge in [0.1, 0.15) is 11.6 Å². The fourth-order valence-corrected chi connectivity index (χ4v) is 2.25. The lowest BCUT2D eigenvalue weighted by Crippen LogP contribution is -2.06. The Labute approximate surface area is 122 Å². The summed E-state index contributed by atoms with van der Waals surface area (Å²) < 4.78 is 26.8. The Morgan fingerprint density at radius 3 is 2.63 bits per heavy atom. The third-order valence-corrected chi connectivity index (χ3v) is 3.91. The SMILES string of the molecule is O=C(Cc1ccc(F)cc1F)c1cccc(Br)c1Cl. The lowest BCUT2D eigenvalue weighted by atomic mass is 10.0. The predicted octanol–water partition coefficient (Wildman–Crippen LogP) is 4.81. The van der Waals surface area contributed by atoms with E-state index in [-0.39, 0.29) is 22.8 Å². The smallest absolute Gasteiger partial charge is 0.168 e. The van der Waals surface area contributed by atoms with Crippen LogP contribution < -0.4 is 0 Å². The zero-order valence-corrected chi connectivity index (χ0v) is 11.9. The summed E-state index contributed by atoms with van der Waals surface area (Å²) in [7, 11) is 0. The van der Waals surface area contributed by atoms with Crippen LogP contribution in [-0.2, 0) is 6.42 Å². The summed E-state index contributed by atoms with van der Waals surface area (Å²) in [6.45, 7) is 0. The van der Waals surface area contributed by atoms with Crippen molar-refractivity contribution in [3.63, 3.8) is 0 Å². The molecule has 2 rings (SSSR count). The minimum absolute atomic E-state index is 0.141. The van der Waals surface area contributed by atoms with Crippen molar-refractivity contribution in [3.05, 3.63) is 68.7 Å². The maximum Gasteiger partial charge on any atom is 0.168 e. The highest BCUT2D eigenvalue weighted by atomic mass is 79.9. The molecule has 98 valence electrons. The first-order chi connectivity index (χ1) is 8.99. The molecule has 0 aromatic heterocycles. The molecule has 0 unspecified atom stereocenters. The molecule has 2 aromatic carbocycles. The molecule has 0 aliphatic carbocycles. The standard InChI is InChI=1S/C14H8BrClF2O/c15-11-3-1-2-10(14(11)16)13(19)6-8-4-5-9(17)7-12(8)18/h1-5,7H,6H2. The summed E-state index contributed by atoms with van der Waals surface area (Å²) in [6, 6.07) is 8.08. The van der Waals surface area contributed by atoms with E-state index in [9.17, 15) is 13.6 Å². The summed E-state index contributed by atoms with van der Waals surface area (Å²) in [5.41, 5.74) is 0.446. The van der Waals surface area contributed by atoms with E-state index in [4.69, 9.17) is 11.6 Å². The second kappa shape index (κ2) is 5.80. The molecule has 0 aliphatic rings. The van der Waals surface area contributed by atoms with E-state index in [0.29, 0.717) is 10.0 Å². The van der Waals surface area contributed by atoms with E-state index < -0.39 is 11.6 Å². The number of carbonyl (C=O) groups is 1. The third-order valence-electron chi connectivity index (χ3n) is 2.62. The Morgan fingerprint density at radius 1 is 1.21 bits per heavy atom. The average Bonchev–Trinajstić information content (AvgIpc) is 2.36. The van der Waals surface area contributed by atoms with Crippen molar-refractivity contribution in [2.45, 2.75) is 6.42 Å². The largest absolute Gasteiger partial charge is 0.294 e. The first-order valence-corrected chi connectivity index (χ1v) is 6.57. The van der Waals surface area contributed by atoms with Crippen LogP contribution >= 0.6 is 27.5 Å². The summed E-state index contributed by atoms with van der Waals surface area (Å²) in [5.74, 6) is -1.73. The van der Waals surface area contributed by atoms with Crippen LogP contribution in [0.3, 0.4) is 0 Å². The van der Waals surface area contributed by atoms with Crippen molar-refractivity contribution in [1.29, 1.82) is 0 Å². The van der Waals surface area contributed by atoms with E-state index >= 15 is 0 Å². The highest BCUT2D eigenvalue weighted by molar-refractivity contribution is 9.10. The molecule has 0 fully saturated rings. The van der Waals surface area contributed by atoms with Crippen LogP contribution in [0.25, 0.3) is 0 Å². The van der Waals surface area contributed by atoms with Crippen LogP contribution in [-0.4, -0.2) is 5.78 Å². The molecule has 1 nitrogen and oxygen atoms in total. The van der Waals surface area contributed by atoms with Crippen LogP contribution in [0.2, 0.25) is 5.02 Å². The van der Waals surface area contributed by atoms with Gasteiger partial charge >= 0.3 is 0 Å². The van der Waals surface area contributed by atoms with Crippen molar-refractivity contribution in [3.8, 4) is 0 Å². The molecule has 0 saturated heterocycles. The van der Waals surface area contributed by atoms with Gasteiger partial charge in [-0.25, -0.2) is 8.78 Å². The van der Waals surface area contributed by atoms with Gasteiger partial charge in [0.25, 0.3) is 0 Å². The fourth-order valence-electron chi connectivity index (χ4n) is 1.65. The van der Waals surface area contributed by atoms with E-state index in [1.54, 1.807) is 18.2 Å². The Balaban J connectivity index is 2.28. The number of hydrogen-bond donors (Lipinski definition) is 0. The monoisotopic (exact) mass is 344 g/mol. The quantitative estimate of drug-likeness (QED) is 0.730. The predicted molar refractivity (Wildman–Crippen MR) is 73.5 cm³/mol. The molecule has 0 saturated carbocycles. The lowest BCUT2D eigenvalue weighted by Gasteiger charge is -2.06. The first-order valence-electron chi connectivity index (χ1n) is 5.40. The molecule has 0 radical (unpaired) electrons. The highest BCUT2D eigenvalue weighted by Gasteiger charge is 2.15. The van der Waals surface area contributed by atoms with E-state index in [2.05, 4.69) is 15.9 Å². The molecule has 2 aromatic rings. The van der Waals surface area contributed by atoms with E-state index in [0.717, 1.165) is 12.1 Å². The maximum absolute atomic E-state index is 13.5. The van der Waals surface area contributed by atoms with Gasteiger partial charge in [-0.3, -0.25) is 4.79 Å². The van der Waals surface area contributed by atoms with Gasteiger partial charge in [-0.05, 0) is 39.7 Å². The third kappa shape index (κ3) is 3.19. The molecule has 0 heterocycles. The number of hydrogen-bond acceptors (Lipinski definition) is 1. The van der Waals surface area contributed by atoms with Crippen molar-refractivity contribution in [2.24, 2.45) is 0 Å². The number of rotatable bonds is 3. The van der Waals surface area contributed by atoms with Gasteiger partial charge in [-0.1, -0.05) is 23.7 Å². The molecule has 5 heteroatoms. The summed E-state index contributed by atoms with van der Waals surface area (Å²) in [6.07, 6.45) is -0.164. The van der Waals surface area contributed by atoms with Crippen LogP contribution in [0.1, 0.15) is 15.9 Å². The van der Waals surface area contributed by atoms with Gasteiger partial charge in [0.15, 0.2) is 5.78 Å². The second-order valence-corrected chi connectivity index (χ2v) is 5.17. The highest BCUT2D eigenvalue weighted by Crippen LogP contribution is 2.27. The first kappa shape index (κ1) is 14.2. The van der Waals surface area contributed by atoms with Crippen molar-refractivity contribution >= 4 is 33.3 Å². The number of carbonyl (C=O) groups excluding carboxylic acids is 1. The molecule has 0 bridgehead atoms. The normalized spacial score (nSPS) is 10.5. The minimum Gasteiger partial charge on any atom is -0.294 e. The summed E-state index contributed by atoms with van der Waals surface area (Å²) >= 11 is 9.21. The van der Waals surface area contributed by atoms with E-state index in [1.165, 1.54) is 6.07 Å². The van der Waals surface area contributed by atoms with Crippen molar-refractivity contribution in [1.82, 2.24) is 0 Å². The second-order valence-electron chi connectivity index (χ2n) is 3.94. The number of benzene rings is 2. The number of ketones is 1. The molecule has 0 spiro atoms. The van der Waals surface area contributed by atoms with Crippen LogP contribution in [0.4, 0.5) is 8.78 Å².